The predicted octanol–water partition coefficient (Wildman–Crippen LogP) is 6.37. The molecule has 0 aromatic rings. The van der Waals surface area contributed by atoms with Crippen LogP contribution in [0, 0.1) is 46.3 Å². The van der Waals surface area contributed by atoms with Crippen LogP contribution in [-0.2, 0) is 23.8 Å². The summed E-state index contributed by atoms with van der Waals surface area (Å²) in [5.74, 6) is -3.59. The van der Waals surface area contributed by atoms with Gasteiger partial charge in [-0.05, 0) is 80.4 Å². The van der Waals surface area contributed by atoms with Gasteiger partial charge >= 0.3 is 12.1 Å². The molecule has 0 amide bonds. The second-order valence-corrected chi connectivity index (χ2v) is 14.6. The monoisotopic (exact) mass is 610 g/mol. The third kappa shape index (κ3) is 4.51. The number of carbonyl (C=O) groups is 3. The fraction of sp³-hybridized carbons (Fsp3) is 0.788. The van der Waals surface area contributed by atoms with Crippen molar-refractivity contribution in [2.45, 2.75) is 110 Å². The summed E-state index contributed by atoms with van der Waals surface area (Å²) in [4.78, 5) is 39.4. The summed E-state index contributed by atoms with van der Waals surface area (Å²) in [5, 5.41) is 11.6. The molecule has 4 saturated carbocycles. The van der Waals surface area contributed by atoms with E-state index in [9.17, 15) is 23.9 Å². The second kappa shape index (κ2) is 10.9. The molecule has 0 aromatic heterocycles. The molecule has 43 heavy (non-hydrogen) atoms. The van der Waals surface area contributed by atoms with Gasteiger partial charge in [-0.1, -0.05) is 47.1 Å². The van der Waals surface area contributed by atoms with E-state index in [0.29, 0.717) is 12.3 Å². The van der Waals surface area contributed by atoms with Crippen LogP contribution in [0.25, 0.3) is 0 Å². The maximum atomic E-state index is 17.6. The SMILES string of the molecule is CC(C)[C@@H]1CC[C@@H](C)C[C@H]1OC(=O)O[C@]1(C(=O)OCF)[C@H](C)C[C@H]2[C@@H]3C[C@H](F)C4=CC(=O)C=C[C@]4(C)[C@@]3(F)[C@@H](O)C[C@@]21C. The third-order valence-corrected chi connectivity index (χ3v) is 12.1. The molecule has 4 fully saturated rings. The van der Waals surface area contributed by atoms with Crippen molar-refractivity contribution >= 4 is 17.9 Å². The van der Waals surface area contributed by atoms with Gasteiger partial charge < -0.3 is 19.3 Å². The van der Waals surface area contributed by atoms with E-state index in [1.54, 1.807) is 13.8 Å². The summed E-state index contributed by atoms with van der Waals surface area (Å²) in [6, 6.07) is 0. The van der Waals surface area contributed by atoms with E-state index in [0.717, 1.165) is 18.9 Å². The van der Waals surface area contributed by atoms with Crippen LogP contribution in [0.3, 0.4) is 0 Å². The molecule has 7 nitrogen and oxygen atoms in total. The average Bonchev–Trinajstić information content (AvgIpc) is 3.13. The van der Waals surface area contributed by atoms with Crippen molar-refractivity contribution in [1.82, 2.24) is 0 Å². The Balaban J connectivity index is 1.53. The second-order valence-electron chi connectivity index (χ2n) is 14.6. The molecule has 0 aliphatic heterocycles. The summed E-state index contributed by atoms with van der Waals surface area (Å²) in [6.07, 6.45) is 0.638. The Morgan fingerprint density at radius 1 is 1.12 bits per heavy atom. The van der Waals surface area contributed by atoms with Crippen LogP contribution in [0.2, 0.25) is 0 Å². The van der Waals surface area contributed by atoms with E-state index in [4.69, 9.17) is 14.2 Å². The van der Waals surface area contributed by atoms with E-state index in [2.05, 4.69) is 20.8 Å². The number of halogens is 3. The van der Waals surface area contributed by atoms with Crippen LogP contribution in [0.15, 0.2) is 23.8 Å². The Hall–Kier alpha value is -2.36. The molecule has 0 bridgehead atoms. The first-order valence-electron chi connectivity index (χ1n) is 15.7. The Morgan fingerprint density at radius 2 is 1.81 bits per heavy atom. The molecule has 1 N–H and O–H groups in total. The van der Waals surface area contributed by atoms with Gasteiger partial charge in [-0.15, -0.1) is 0 Å². The number of aliphatic hydroxyl groups is 1. The van der Waals surface area contributed by atoms with E-state index < -0.39 is 83.0 Å². The van der Waals surface area contributed by atoms with E-state index in [1.165, 1.54) is 19.1 Å². The topological polar surface area (TPSA) is 99.1 Å². The minimum atomic E-state index is -2.38. The molecule has 5 aliphatic rings. The highest BCUT2D eigenvalue weighted by molar-refractivity contribution is 6.01. The fourth-order valence-electron chi connectivity index (χ4n) is 9.90. The van der Waals surface area contributed by atoms with Gasteiger partial charge in [-0.25, -0.2) is 22.8 Å². The Bertz CT molecular complexity index is 1220. The highest BCUT2D eigenvalue weighted by Crippen LogP contribution is 2.71. The molecule has 0 unspecified atom stereocenters. The molecule has 12 atom stereocenters. The van der Waals surface area contributed by atoms with Crippen LogP contribution in [-0.4, -0.2) is 59.5 Å². The Kier molecular flexibility index (Phi) is 8.13. The quantitative estimate of drug-likeness (QED) is 0.361. The zero-order valence-electron chi connectivity index (χ0n) is 25.9. The van der Waals surface area contributed by atoms with Crippen molar-refractivity contribution in [3.05, 3.63) is 23.8 Å². The number of carbonyl (C=O) groups excluding carboxylic acids is 3. The first-order valence-corrected chi connectivity index (χ1v) is 15.7. The van der Waals surface area contributed by atoms with Crippen molar-refractivity contribution in [1.29, 1.82) is 0 Å². The zero-order valence-corrected chi connectivity index (χ0v) is 25.9. The van der Waals surface area contributed by atoms with Gasteiger partial charge in [0.05, 0.1) is 6.10 Å². The van der Waals surface area contributed by atoms with Gasteiger partial charge in [-0.2, -0.15) is 0 Å². The molecule has 0 heterocycles. The number of fused-ring (bicyclic) bond motifs is 5. The third-order valence-electron chi connectivity index (χ3n) is 12.1. The van der Waals surface area contributed by atoms with E-state index >= 15 is 8.78 Å². The van der Waals surface area contributed by atoms with Gasteiger partial charge in [0, 0.05) is 22.7 Å². The number of ketones is 1. The summed E-state index contributed by atoms with van der Waals surface area (Å²) in [5.41, 5.74) is -7.57. The first-order chi connectivity index (χ1) is 20.1. The standard InChI is InChI=1S/C33H45F3O7/c1-17(2)21-8-7-18(3)11-26(21)42-29(40)43-33(28(39)41-16-34)19(4)12-22-23-14-25(35)24-13-20(37)9-10-30(24,5)32(23,36)27(38)15-31(22,33)6/h9-10,13,17-19,21-23,25-27,38H,7-8,11-12,14-16H2,1-6H3/t18-,19-,21+,22+,23+,25+,26-,27+,30+,31+,32+,33+/m1/s1. The molecule has 10 heteroatoms. The van der Waals surface area contributed by atoms with Crippen LogP contribution in [0.5, 0.6) is 0 Å². The number of ether oxygens (including phenoxy) is 3. The van der Waals surface area contributed by atoms with Gasteiger partial charge in [0.15, 0.2) is 11.5 Å². The number of hydrogen-bond donors (Lipinski definition) is 1. The largest absolute Gasteiger partial charge is 0.509 e. The maximum Gasteiger partial charge on any atom is 0.509 e. The van der Waals surface area contributed by atoms with Gasteiger partial charge in [0.1, 0.15) is 12.3 Å². The number of esters is 1. The minimum absolute atomic E-state index is 0.0169. The fourth-order valence-corrected chi connectivity index (χ4v) is 9.90. The molecule has 0 aromatic carbocycles. The lowest BCUT2D eigenvalue weighted by atomic mass is 9.44. The van der Waals surface area contributed by atoms with E-state index in [1.807, 2.05) is 0 Å². The van der Waals surface area contributed by atoms with Crippen molar-refractivity contribution in [3.63, 3.8) is 0 Å². The first kappa shape index (κ1) is 32.0. The highest BCUT2D eigenvalue weighted by atomic mass is 19.1. The molecule has 0 saturated heterocycles. The lowest BCUT2D eigenvalue weighted by Crippen LogP contribution is -2.71. The summed E-state index contributed by atoms with van der Waals surface area (Å²) in [6.45, 7) is 9.46. The van der Waals surface area contributed by atoms with E-state index in [-0.39, 0.29) is 36.7 Å². The molecule has 0 radical (unpaired) electrons. The van der Waals surface area contributed by atoms with Crippen LogP contribution in [0.1, 0.15) is 80.1 Å². The smallest absolute Gasteiger partial charge is 0.431 e. The summed E-state index contributed by atoms with van der Waals surface area (Å²) in [7, 11) is 0. The van der Waals surface area contributed by atoms with Crippen molar-refractivity contribution in [3.8, 4) is 0 Å². The number of aliphatic hydroxyl groups excluding tert-OH is 1. The lowest BCUT2D eigenvalue weighted by molar-refractivity contribution is -0.236. The molecular weight excluding hydrogens is 565 g/mol. The van der Waals surface area contributed by atoms with Crippen molar-refractivity contribution in [2.75, 3.05) is 6.86 Å². The van der Waals surface area contributed by atoms with Crippen molar-refractivity contribution < 1.29 is 46.9 Å². The molecule has 0 spiro atoms. The Labute approximate surface area is 251 Å². The van der Waals surface area contributed by atoms with Crippen LogP contribution >= 0.6 is 0 Å². The lowest BCUT2D eigenvalue weighted by Gasteiger charge is -2.62. The van der Waals surface area contributed by atoms with Gasteiger partial charge in [0.25, 0.3) is 0 Å². The van der Waals surface area contributed by atoms with Gasteiger partial charge in [-0.3, -0.25) is 4.79 Å². The number of allylic oxidation sites excluding steroid dienone is 4. The molecule has 5 rings (SSSR count). The molecule has 240 valence electrons. The number of alkyl halides is 3. The van der Waals surface area contributed by atoms with Crippen LogP contribution in [0.4, 0.5) is 18.0 Å². The molecule has 5 aliphatic carbocycles. The highest BCUT2D eigenvalue weighted by Gasteiger charge is 2.79. The average molecular weight is 611 g/mol. The summed E-state index contributed by atoms with van der Waals surface area (Å²) < 4.78 is 63.7. The maximum absolute atomic E-state index is 17.6. The minimum Gasteiger partial charge on any atom is -0.431 e. The van der Waals surface area contributed by atoms with Crippen LogP contribution < -0.4 is 0 Å². The number of rotatable bonds is 5. The van der Waals surface area contributed by atoms with Gasteiger partial charge in [0.2, 0.25) is 12.5 Å². The zero-order chi connectivity index (χ0) is 31.7. The normalized spacial score (nSPS) is 47.2. The predicted molar refractivity (Wildman–Crippen MR) is 151 cm³/mol. The number of hydrogen-bond acceptors (Lipinski definition) is 7. The van der Waals surface area contributed by atoms with Crippen molar-refractivity contribution in [2.24, 2.45) is 46.3 Å². The molecular formula is C33H45F3O7. The Morgan fingerprint density at radius 3 is 2.47 bits per heavy atom. The summed E-state index contributed by atoms with van der Waals surface area (Å²) >= 11 is 0.